The molecule has 1 aromatic carbocycles. The largest absolute Gasteiger partial charge is 0.489 e. The topological polar surface area (TPSA) is 54.7 Å². The molecule has 2 fully saturated rings. The molecule has 1 aromatic heterocycles. The van der Waals surface area contributed by atoms with E-state index >= 15 is 0 Å². The normalized spacial score (nSPS) is 19.3. The lowest BCUT2D eigenvalue weighted by Gasteiger charge is -2.38. The van der Waals surface area contributed by atoms with Crippen LogP contribution >= 0.6 is 0 Å². The Balaban J connectivity index is 1.39. The Morgan fingerprint density at radius 3 is 2.68 bits per heavy atom. The van der Waals surface area contributed by atoms with Gasteiger partial charge >= 0.3 is 0 Å². The van der Waals surface area contributed by atoms with Gasteiger partial charge in [0.15, 0.2) is 5.76 Å². The Labute approximate surface area is 148 Å². The number of furan rings is 1. The van der Waals surface area contributed by atoms with Crippen molar-refractivity contribution in [3.8, 4) is 5.75 Å². The van der Waals surface area contributed by atoms with Crippen LogP contribution in [0.1, 0.15) is 35.4 Å². The SMILES string of the molecule is O=C(c1occc1COc1ccccc1)N1CCC2(CCNC2)CC1. The van der Waals surface area contributed by atoms with Gasteiger partial charge in [0.25, 0.3) is 5.91 Å². The van der Waals surface area contributed by atoms with E-state index in [1.54, 1.807) is 6.26 Å². The van der Waals surface area contributed by atoms with E-state index in [2.05, 4.69) is 5.32 Å². The van der Waals surface area contributed by atoms with Crippen LogP contribution in [0.15, 0.2) is 47.1 Å². The number of piperidine rings is 1. The first-order valence-electron chi connectivity index (χ1n) is 9.00. The number of para-hydroxylation sites is 1. The maximum absolute atomic E-state index is 12.9. The summed E-state index contributed by atoms with van der Waals surface area (Å²) < 4.78 is 11.3. The van der Waals surface area contributed by atoms with Crippen LogP contribution in [0.5, 0.6) is 5.75 Å². The van der Waals surface area contributed by atoms with Crippen molar-refractivity contribution in [1.29, 1.82) is 0 Å². The Kier molecular flexibility index (Phi) is 4.49. The molecule has 0 bridgehead atoms. The average molecular weight is 340 g/mol. The van der Waals surface area contributed by atoms with E-state index in [-0.39, 0.29) is 5.91 Å². The second-order valence-corrected chi connectivity index (χ2v) is 7.10. The molecule has 0 aliphatic carbocycles. The van der Waals surface area contributed by atoms with E-state index in [4.69, 9.17) is 9.15 Å². The van der Waals surface area contributed by atoms with Crippen LogP contribution in [0.3, 0.4) is 0 Å². The van der Waals surface area contributed by atoms with Gasteiger partial charge in [-0.15, -0.1) is 0 Å². The third-order valence-electron chi connectivity index (χ3n) is 5.52. The lowest BCUT2D eigenvalue weighted by atomic mass is 9.78. The highest BCUT2D eigenvalue weighted by Gasteiger charge is 2.38. The first-order chi connectivity index (χ1) is 12.3. The number of nitrogens with zero attached hydrogens (tertiary/aromatic N) is 1. The first-order valence-corrected chi connectivity index (χ1v) is 9.00. The van der Waals surface area contributed by atoms with Crippen LogP contribution in [0.2, 0.25) is 0 Å². The number of hydrogen-bond donors (Lipinski definition) is 1. The summed E-state index contributed by atoms with van der Waals surface area (Å²) in [7, 11) is 0. The lowest BCUT2D eigenvalue weighted by Crippen LogP contribution is -2.44. The van der Waals surface area contributed by atoms with Crippen LogP contribution in [0, 0.1) is 5.41 Å². The van der Waals surface area contributed by atoms with E-state index < -0.39 is 0 Å². The van der Waals surface area contributed by atoms with Crippen molar-refractivity contribution in [2.24, 2.45) is 5.41 Å². The fraction of sp³-hybridized carbons (Fsp3) is 0.450. The zero-order chi connectivity index (χ0) is 17.1. The summed E-state index contributed by atoms with van der Waals surface area (Å²) in [6.07, 6.45) is 4.94. The molecule has 2 aliphatic rings. The van der Waals surface area contributed by atoms with Gasteiger partial charge in [-0.2, -0.15) is 0 Å². The van der Waals surface area contributed by atoms with Crippen molar-refractivity contribution in [2.75, 3.05) is 26.2 Å². The van der Waals surface area contributed by atoms with Crippen molar-refractivity contribution in [3.05, 3.63) is 54.0 Å². The molecule has 25 heavy (non-hydrogen) atoms. The summed E-state index contributed by atoms with van der Waals surface area (Å²) in [5, 5.41) is 3.46. The lowest BCUT2D eigenvalue weighted by molar-refractivity contribution is 0.0573. The molecule has 0 atom stereocenters. The molecule has 4 rings (SSSR count). The summed E-state index contributed by atoms with van der Waals surface area (Å²) in [5.41, 5.74) is 1.20. The van der Waals surface area contributed by atoms with E-state index in [9.17, 15) is 4.79 Å². The van der Waals surface area contributed by atoms with E-state index in [1.807, 2.05) is 41.3 Å². The fourth-order valence-corrected chi connectivity index (χ4v) is 3.86. The van der Waals surface area contributed by atoms with Crippen LogP contribution in [-0.4, -0.2) is 37.0 Å². The summed E-state index contributed by atoms with van der Waals surface area (Å²) in [6.45, 7) is 4.14. The van der Waals surface area contributed by atoms with Gasteiger partial charge < -0.3 is 19.4 Å². The minimum Gasteiger partial charge on any atom is -0.489 e. The molecule has 0 unspecified atom stereocenters. The predicted octanol–water partition coefficient (Wildman–Crippen LogP) is 3.07. The third-order valence-corrected chi connectivity index (χ3v) is 5.52. The second-order valence-electron chi connectivity index (χ2n) is 7.10. The first kappa shape index (κ1) is 16.2. The summed E-state index contributed by atoms with van der Waals surface area (Å²) in [5.74, 6) is 1.18. The predicted molar refractivity (Wildman–Crippen MR) is 94.5 cm³/mol. The van der Waals surface area contributed by atoms with Gasteiger partial charge in [-0.1, -0.05) is 18.2 Å². The number of carbonyl (C=O) groups excluding carboxylic acids is 1. The van der Waals surface area contributed by atoms with E-state index in [0.717, 1.165) is 50.3 Å². The number of hydrogen-bond acceptors (Lipinski definition) is 4. The van der Waals surface area contributed by atoms with Crippen LogP contribution < -0.4 is 10.1 Å². The highest BCUT2D eigenvalue weighted by atomic mass is 16.5. The van der Waals surface area contributed by atoms with Crippen molar-refractivity contribution in [1.82, 2.24) is 10.2 Å². The zero-order valence-corrected chi connectivity index (χ0v) is 14.4. The summed E-state index contributed by atoms with van der Waals surface area (Å²) >= 11 is 0. The van der Waals surface area contributed by atoms with Gasteiger partial charge in [-0.05, 0) is 49.4 Å². The maximum Gasteiger partial charge on any atom is 0.289 e. The molecular formula is C20H24N2O3. The number of likely N-dealkylation sites (tertiary alicyclic amines) is 1. The molecule has 5 heteroatoms. The monoisotopic (exact) mass is 340 g/mol. The van der Waals surface area contributed by atoms with Gasteiger partial charge in [0, 0.05) is 25.2 Å². The molecule has 1 amide bonds. The molecule has 5 nitrogen and oxygen atoms in total. The van der Waals surface area contributed by atoms with Crippen molar-refractivity contribution in [3.63, 3.8) is 0 Å². The molecule has 2 aliphatic heterocycles. The molecule has 2 aromatic rings. The van der Waals surface area contributed by atoms with Gasteiger partial charge in [-0.25, -0.2) is 0 Å². The van der Waals surface area contributed by atoms with Crippen molar-refractivity contribution < 1.29 is 13.9 Å². The highest BCUT2D eigenvalue weighted by molar-refractivity contribution is 5.93. The minimum atomic E-state index is -0.0162. The zero-order valence-electron chi connectivity index (χ0n) is 14.4. The summed E-state index contributed by atoms with van der Waals surface area (Å²) in [4.78, 5) is 14.8. The Morgan fingerprint density at radius 2 is 1.96 bits per heavy atom. The number of carbonyl (C=O) groups is 1. The summed E-state index contributed by atoms with van der Waals surface area (Å²) in [6, 6.07) is 11.4. The van der Waals surface area contributed by atoms with Gasteiger partial charge in [0.05, 0.1) is 6.26 Å². The quantitative estimate of drug-likeness (QED) is 0.929. The van der Waals surface area contributed by atoms with Gasteiger partial charge in [0.2, 0.25) is 0 Å². The fourth-order valence-electron chi connectivity index (χ4n) is 3.86. The molecular weight excluding hydrogens is 316 g/mol. The van der Waals surface area contributed by atoms with E-state index in [1.165, 1.54) is 6.42 Å². The average Bonchev–Trinajstić information content (AvgIpc) is 3.31. The Bertz CT molecular complexity index is 710. The third kappa shape index (κ3) is 3.42. The number of nitrogens with one attached hydrogen (secondary N) is 1. The number of ether oxygens (including phenoxy) is 1. The van der Waals surface area contributed by atoms with Crippen LogP contribution in [0.4, 0.5) is 0 Å². The highest BCUT2D eigenvalue weighted by Crippen LogP contribution is 2.37. The van der Waals surface area contributed by atoms with Crippen molar-refractivity contribution in [2.45, 2.75) is 25.9 Å². The van der Waals surface area contributed by atoms with Gasteiger partial charge in [-0.3, -0.25) is 4.79 Å². The molecule has 132 valence electrons. The van der Waals surface area contributed by atoms with Crippen molar-refractivity contribution >= 4 is 5.91 Å². The molecule has 2 saturated heterocycles. The number of amides is 1. The Morgan fingerprint density at radius 1 is 1.16 bits per heavy atom. The van der Waals surface area contributed by atoms with Gasteiger partial charge in [0.1, 0.15) is 12.4 Å². The van der Waals surface area contributed by atoms with Crippen LogP contribution in [0.25, 0.3) is 0 Å². The smallest absolute Gasteiger partial charge is 0.289 e. The minimum absolute atomic E-state index is 0.0162. The number of rotatable bonds is 4. The second kappa shape index (κ2) is 6.92. The maximum atomic E-state index is 12.9. The molecule has 1 spiro atoms. The molecule has 0 saturated carbocycles. The molecule has 0 radical (unpaired) electrons. The Hall–Kier alpha value is -2.27. The molecule has 3 heterocycles. The van der Waals surface area contributed by atoms with E-state index in [0.29, 0.717) is 17.8 Å². The van der Waals surface area contributed by atoms with Crippen LogP contribution in [-0.2, 0) is 6.61 Å². The standard InChI is InChI=1S/C20H24N2O3/c23-19(22-11-8-20(9-12-22)7-10-21-15-20)18-16(6-13-24-18)14-25-17-4-2-1-3-5-17/h1-6,13,21H,7-12,14-15H2. The molecule has 1 N–H and O–H groups in total. The number of benzene rings is 1.